The maximum absolute atomic E-state index is 13.1. The van der Waals surface area contributed by atoms with E-state index >= 15 is 0 Å². The molecule has 32 heavy (non-hydrogen) atoms. The van der Waals surface area contributed by atoms with Gasteiger partial charge in [0, 0.05) is 46.8 Å². The SMILES string of the molecule is Cn1c(=O)c2c(ncn2CCCC(=O)N(Cc2ccccc2)CC2CCCO2)n(C)c1=O. The first-order valence-electron chi connectivity index (χ1n) is 11.0. The molecule has 3 heterocycles. The molecule has 0 saturated carbocycles. The maximum Gasteiger partial charge on any atom is 0.332 e. The van der Waals surface area contributed by atoms with Crippen LogP contribution in [0.5, 0.6) is 0 Å². The average molecular weight is 440 g/mol. The highest BCUT2D eigenvalue weighted by Gasteiger charge is 2.23. The Balaban J connectivity index is 1.45. The molecule has 3 aromatic rings. The van der Waals surface area contributed by atoms with Gasteiger partial charge in [-0.3, -0.25) is 18.7 Å². The first kappa shape index (κ1) is 22.0. The number of hydrogen-bond donors (Lipinski definition) is 0. The topological polar surface area (TPSA) is 91.4 Å². The molecule has 1 atom stereocenters. The molecule has 9 nitrogen and oxygen atoms in total. The summed E-state index contributed by atoms with van der Waals surface area (Å²) in [5.74, 6) is 0.0640. The van der Waals surface area contributed by atoms with Crippen molar-refractivity contribution in [3.05, 3.63) is 63.1 Å². The summed E-state index contributed by atoms with van der Waals surface area (Å²) >= 11 is 0. The van der Waals surface area contributed by atoms with E-state index in [0.717, 1.165) is 29.6 Å². The van der Waals surface area contributed by atoms with Gasteiger partial charge in [-0.15, -0.1) is 0 Å². The molecule has 1 saturated heterocycles. The summed E-state index contributed by atoms with van der Waals surface area (Å²) in [6, 6.07) is 9.95. The molecule has 1 unspecified atom stereocenters. The molecule has 4 rings (SSSR count). The number of benzene rings is 1. The van der Waals surface area contributed by atoms with E-state index < -0.39 is 5.69 Å². The van der Waals surface area contributed by atoms with Gasteiger partial charge in [0.05, 0.1) is 12.4 Å². The van der Waals surface area contributed by atoms with Gasteiger partial charge in [-0.05, 0) is 24.8 Å². The minimum atomic E-state index is -0.409. The summed E-state index contributed by atoms with van der Waals surface area (Å²) < 4.78 is 9.93. The summed E-state index contributed by atoms with van der Waals surface area (Å²) in [6.07, 6.45) is 4.57. The van der Waals surface area contributed by atoms with E-state index in [9.17, 15) is 14.4 Å². The summed E-state index contributed by atoms with van der Waals surface area (Å²) in [5, 5.41) is 0. The third kappa shape index (κ3) is 4.52. The lowest BCUT2D eigenvalue weighted by molar-refractivity contribution is -0.133. The molecule has 0 bridgehead atoms. The first-order chi connectivity index (χ1) is 15.5. The molecule has 170 valence electrons. The predicted molar refractivity (Wildman–Crippen MR) is 120 cm³/mol. The monoisotopic (exact) mass is 439 g/mol. The molecule has 0 N–H and O–H groups in total. The van der Waals surface area contributed by atoms with Crippen molar-refractivity contribution in [1.29, 1.82) is 0 Å². The zero-order chi connectivity index (χ0) is 22.7. The van der Waals surface area contributed by atoms with Gasteiger partial charge in [-0.1, -0.05) is 30.3 Å². The molecule has 0 aliphatic carbocycles. The fourth-order valence-electron chi connectivity index (χ4n) is 4.22. The Morgan fingerprint density at radius 3 is 2.69 bits per heavy atom. The number of aromatic nitrogens is 4. The van der Waals surface area contributed by atoms with E-state index in [0.29, 0.717) is 43.6 Å². The quantitative estimate of drug-likeness (QED) is 0.529. The Morgan fingerprint density at radius 1 is 1.19 bits per heavy atom. The minimum absolute atomic E-state index is 0.0640. The van der Waals surface area contributed by atoms with Crippen molar-refractivity contribution in [3.8, 4) is 0 Å². The number of imidazole rings is 1. The number of ether oxygens (including phenoxy) is 1. The van der Waals surface area contributed by atoms with E-state index in [1.54, 1.807) is 17.9 Å². The second kappa shape index (κ2) is 9.52. The Kier molecular flexibility index (Phi) is 6.55. The number of fused-ring (bicyclic) bond motifs is 1. The van der Waals surface area contributed by atoms with Crippen molar-refractivity contribution in [3.63, 3.8) is 0 Å². The number of rotatable bonds is 8. The lowest BCUT2D eigenvalue weighted by Crippen LogP contribution is -2.37. The van der Waals surface area contributed by atoms with Crippen molar-refractivity contribution >= 4 is 17.1 Å². The van der Waals surface area contributed by atoms with Crippen molar-refractivity contribution < 1.29 is 9.53 Å². The standard InChI is InChI=1S/C23H29N5O4/c1-25-21-20(22(30)26(2)23(25)31)27(16-24-21)12-6-11-19(29)28(15-18-10-7-13-32-18)14-17-8-4-3-5-9-17/h3-5,8-9,16,18H,6-7,10-15H2,1-2H3. The first-order valence-corrected chi connectivity index (χ1v) is 11.0. The predicted octanol–water partition coefficient (Wildman–Crippen LogP) is 1.42. The average Bonchev–Trinajstić information content (AvgIpc) is 3.46. The summed E-state index contributed by atoms with van der Waals surface area (Å²) in [7, 11) is 3.05. The molecule has 1 aliphatic heterocycles. The second-order valence-electron chi connectivity index (χ2n) is 8.31. The summed E-state index contributed by atoms with van der Waals surface area (Å²) in [4.78, 5) is 43.9. The van der Waals surface area contributed by atoms with Crippen LogP contribution in [0.25, 0.3) is 11.2 Å². The van der Waals surface area contributed by atoms with Gasteiger partial charge < -0.3 is 14.2 Å². The van der Waals surface area contributed by atoms with E-state index in [1.807, 2.05) is 35.2 Å². The lowest BCUT2D eigenvalue weighted by atomic mass is 10.1. The van der Waals surface area contributed by atoms with Gasteiger partial charge >= 0.3 is 5.69 Å². The number of aryl methyl sites for hydroxylation is 2. The van der Waals surface area contributed by atoms with Crippen molar-refractivity contribution in [2.24, 2.45) is 14.1 Å². The highest BCUT2D eigenvalue weighted by molar-refractivity contribution is 5.76. The molecule has 2 aromatic heterocycles. The number of carbonyl (C=O) groups excluding carboxylic acids is 1. The molecule has 0 spiro atoms. The van der Waals surface area contributed by atoms with Gasteiger partial charge in [0.15, 0.2) is 11.2 Å². The molecule has 1 amide bonds. The van der Waals surface area contributed by atoms with Crippen LogP contribution in [0.2, 0.25) is 0 Å². The van der Waals surface area contributed by atoms with Crippen LogP contribution in [0.15, 0.2) is 46.2 Å². The normalized spacial score (nSPS) is 16.0. The van der Waals surface area contributed by atoms with E-state index in [2.05, 4.69) is 4.98 Å². The van der Waals surface area contributed by atoms with Crippen LogP contribution in [0.3, 0.4) is 0 Å². The van der Waals surface area contributed by atoms with Gasteiger partial charge in [0.1, 0.15) is 0 Å². The van der Waals surface area contributed by atoms with Crippen molar-refractivity contribution in [2.75, 3.05) is 13.2 Å². The molecule has 1 aliphatic rings. The smallest absolute Gasteiger partial charge is 0.332 e. The fourth-order valence-corrected chi connectivity index (χ4v) is 4.22. The summed E-state index contributed by atoms with van der Waals surface area (Å²) in [6.45, 7) is 2.36. The van der Waals surface area contributed by atoms with Crippen LogP contribution in [-0.4, -0.2) is 48.7 Å². The minimum Gasteiger partial charge on any atom is -0.376 e. The largest absolute Gasteiger partial charge is 0.376 e. The van der Waals surface area contributed by atoms with Crippen molar-refractivity contribution in [1.82, 2.24) is 23.6 Å². The van der Waals surface area contributed by atoms with Crippen LogP contribution in [0, 0.1) is 0 Å². The van der Waals surface area contributed by atoms with Crippen LogP contribution in [0.1, 0.15) is 31.2 Å². The molecule has 1 aromatic carbocycles. The number of hydrogen-bond acceptors (Lipinski definition) is 5. The molecular formula is C23H29N5O4. The third-order valence-electron chi connectivity index (χ3n) is 6.02. The molecule has 0 radical (unpaired) electrons. The van der Waals surface area contributed by atoms with Gasteiger partial charge in [0.2, 0.25) is 5.91 Å². The van der Waals surface area contributed by atoms with E-state index in [4.69, 9.17) is 4.74 Å². The molecule has 1 fully saturated rings. The zero-order valence-electron chi connectivity index (χ0n) is 18.6. The highest BCUT2D eigenvalue weighted by atomic mass is 16.5. The van der Waals surface area contributed by atoms with Crippen LogP contribution in [-0.2, 0) is 36.7 Å². The third-order valence-corrected chi connectivity index (χ3v) is 6.02. The van der Waals surface area contributed by atoms with E-state index in [1.165, 1.54) is 11.6 Å². The van der Waals surface area contributed by atoms with Gasteiger partial charge in [-0.2, -0.15) is 0 Å². The van der Waals surface area contributed by atoms with Crippen LogP contribution >= 0.6 is 0 Å². The Bertz CT molecular complexity index is 1200. The van der Waals surface area contributed by atoms with Crippen LogP contribution in [0.4, 0.5) is 0 Å². The Labute approximate surface area is 185 Å². The van der Waals surface area contributed by atoms with Crippen molar-refractivity contribution in [2.45, 2.75) is 44.9 Å². The molecule has 9 heteroatoms. The number of carbonyl (C=O) groups is 1. The summed E-state index contributed by atoms with van der Waals surface area (Å²) in [5.41, 5.74) is 1.03. The Hall–Kier alpha value is -3.20. The fraction of sp³-hybridized carbons (Fsp3) is 0.478. The zero-order valence-corrected chi connectivity index (χ0v) is 18.6. The Morgan fingerprint density at radius 2 is 1.97 bits per heavy atom. The number of nitrogens with zero attached hydrogens (tertiary/aromatic N) is 5. The molecular weight excluding hydrogens is 410 g/mol. The highest BCUT2D eigenvalue weighted by Crippen LogP contribution is 2.17. The maximum atomic E-state index is 13.1. The van der Waals surface area contributed by atoms with Gasteiger partial charge in [-0.25, -0.2) is 9.78 Å². The lowest BCUT2D eigenvalue weighted by Gasteiger charge is -2.26. The van der Waals surface area contributed by atoms with Gasteiger partial charge in [0.25, 0.3) is 5.56 Å². The number of amides is 1. The van der Waals surface area contributed by atoms with E-state index in [-0.39, 0.29) is 17.6 Å². The van der Waals surface area contributed by atoms with Crippen LogP contribution < -0.4 is 11.2 Å². The second-order valence-corrected chi connectivity index (χ2v) is 8.31.